The van der Waals surface area contributed by atoms with Gasteiger partial charge in [0.05, 0.1) is 0 Å². The van der Waals surface area contributed by atoms with Gasteiger partial charge in [-0.25, -0.2) is 9.97 Å². The molecule has 0 N–H and O–H groups in total. The van der Waals surface area contributed by atoms with E-state index in [4.69, 9.17) is 16.6 Å². The van der Waals surface area contributed by atoms with Gasteiger partial charge in [-0.15, -0.1) is 0 Å². The lowest BCUT2D eigenvalue weighted by molar-refractivity contribution is 0.360. The Hall–Kier alpha value is -0.830. The van der Waals surface area contributed by atoms with E-state index in [9.17, 15) is 0 Å². The van der Waals surface area contributed by atoms with Gasteiger partial charge in [-0.1, -0.05) is 39.3 Å². The first-order valence-electron chi connectivity index (χ1n) is 7.53. The van der Waals surface area contributed by atoms with Gasteiger partial charge in [-0.2, -0.15) is 0 Å². The van der Waals surface area contributed by atoms with Crippen molar-refractivity contribution >= 4 is 17.4 Å². The summed E-state index contributed by atoms with van der Waals surface area (Å²) in [6.45, 7) is 14.1. The molecule has 1 aliphatic heterocycles. The fourth-order valence-corrected chi connectivity index (χ4v) is 2.89. The van der Waals surface area contributed by atoms with Crippen LogP contribution in [0.5, 0.6) is 0 Å². The van der Waals surface area contributed by atoms with Crippen LogP contribution in [0.15, 0.2) is 0 Å². The SMILES string of the molecule is Cc1c(Cl)nc(C(C)(C)C)nc1N1CCCC(C)C1C. The number of aromatic nitrogens is 2. The monoisotopic (exact) mass is 295 g/mol. The van der Waals surface area contributed by atoms with E-state index in [2.05, 4.69) is 44.5 Å². The molecule has 4 heteroatoms. The van der Waals surface area contributed by atoms with Crippen LogP contribution >= 0.6 is 11.6 Å². The van der Waals surface area contributed by atoms with Crippen molar-refractivity contribution in [2.24, 2.45) is 5.92 Å². The van der Waals surface area contributed by atoms with Crippen molar-refractivity contribution in [2.45, 2.75) is 65.8 Å². The van der Waals surface area contributed by atoms with Crippen molar-refractivity contribution in [1.29, 1.82) is 0 Å². The molecule has 1 saturated heterocycles. The van der Waals surface area contributed by atoms with E-state index < -0.39 is 0 Å². The van der Waals surface area contributed by atoms with Crippen molar-refractivity contribution < 1.29 is 0 Å². The van der Waals surface area contributed by atoms with Gasteiger partial charge < -0.3 is 4.90 Å². The average Bonchev–Trinajstić information content (AvgIpc) is 2.35. The maximum atomic E-state index is 6.35. The minimum absolute atomic E-state index is 0.0866. The molecule has 0 radical (unpaired) electrons. The molecule has 0 bridgehead atoms. The van der Waals surface area contributed by atoms with Crippen LogP contribution in [0.3, 0.4) is 0 Å². The van der Waals surface area contributed by atoms with Crippen LogP contribution in [-0.2, 0) is 5.41 Å². The molecule has 0 saturated carbocycles. The van der Waals surface area contributed by atoms with Gasteiger partial charge in [-0.3, -0.25) is 0 Å². The Morgan fingerprint density at radius 1 is 1.20 bits per heavy atom. The average molecular weight is 296 g/mol. The Morgan fingerprint density at radius 3 is 2.45 bits per heavy atom. The zero-order valence-corrected chi connectivity index (χ0v) is 14.3. The van der Waals surface area contributed by atoms with E-state index in [0.29, 0.717) is 17.1 Å². The molecule has 2 rings (SSSR count). The largest absolute Gasteiger partial charge is 0.353 e. The molecule has 112 valence electrons. The summed E-state index contributed by atoms with van der Waals surface area (Å²) in [5.41, 5.74) is 0.914. The molecule has 20 heavy (non-hydrogen) atoms. The lowest BCUT2D eigenvalue weighted by Crippen LogP contribution is -2.43. The minimum Gasteiger partial charge on any atom is -0.353 e. The Kier molecular flexibility index (Phi) is 4.29. The minimum atomic E-state index is -0.0866. The second-order valence-corrected chi connectivity index (χ2v) is 7.45. The van der Waals surface area contributed by atoms with E-state index in [1.807, 2.05) is 6.92 Å². The van der Waals surface area contributed by atoms with E-state index in [1.54, 1.807) is 0 Å². The molecule has 3 nitrogen and oxygen atoms in total. The molecule has 1 fully saturated rings. The number of nitrogens with zero attached hydrogens (tertiary/aromatic N) is 3. The third-order valence-electron chi connectivity index (χ3n) is 4.38. The fraction of sp³-hybridized carbons (Fsp3) is 0.750. The van der Waals surface area contributed by atoms with Crippen LogP contribution in [0.25, 0.3) is 0 Å². The van der Waals surface area contributed by atoms with Crippen molar-refractivity contribution in [3.05, 3.63) is 16.5 Å². The molecule has 1 aliphatic rings. The van der Waals surface area contributed by atoms with Crippen LogP contribution in [0.4, 0.5) is 5.82 Å². The fourth-order valence-electron chi connectivity index (χ4n) is 2.73. The second-order valence-electron chi connectivity index (χ2n) is 7.09. The molecule has 0 aliphatic carbocycles. The standard InChI is InChI=1S/C16H26ClN3/c1-10-8-7-9-20(12(10)3)14-11(2)13(17)18-15(19-14)16(4,5)6/h10,12H,7-9H2,1-6H3. The number of anilines is 1. The molecule has 0 amide bonds. The van der Waals surface area contributed by atoms with Crippen LogP contribution < -0.4 is 4.90 Å². The van der Waals surface area contributed by atoms with Crippen molar-refractivity contribution in [3.8, 4) is 0 Å². The molecule has 0 spiro atoms. The highest BCUT2D eigenvalue weighted by Crippen LogP contribution is 2.33. The Bertz CT molecular complexity index is 493. The van der Waals surface area contributed by atoms with Gasteiger partial charge in [0.25, 0.3) is 0 Å². The summed E-state index contributed by atoms with van der Waals surface area (Å²) >= 11 is 6.35. The molecular formula is C16H26ClN3. The van der Waals surface area contributed by atoms with Crippen LogP contribution in [0, 0.1) is 12.8 Å². The van der Waals surface area contributed by atoms with Crippen LogP contribution in [-0.4, -0.2) is 22.6 Å². The molecule has 2 unspecified atom stereocenters. The molecule has 1 aromatic rings. The highest BCUT2D eigenvalue weighted by molar-refractivity contribution is 6.30. The molecule has 2 atom stereocenters. The number of piperidine rings is 1. The summed E-state index contributed by atoms with van der Waals surface area (Å²) < 4.78 is 0. The van der Waals surface area contributed by atoms with Crippen molar-refractivity contribution in [1.82, 2.24) is 9.97 Å². The first-order chi connectivity index (χ1) is 9.21. The summed E-state index contributed by atoms with van der Waals surface area (Å²) in [5.74, 6) is 2.54. The summed E-state index contributed by atoms with van der Waals surface area (Å²) in [7, 11) is 0. The first kappa shape index (κ1) is 15.6. The lowest BCUT2D eigenvalue weighted by atomic mass is 9.91. The second kappa shape index (κ2) is 5.51. The van der Waals surface area contributed by atoms with E-state index in [-0.39, 0.29) is 5.41 Å². The number of halogens is 1. The quantitative estimate of drug-likeness (QED) is 0.721. The highest BCUT2D eigenvalue weighted by atomic mass is 35.5. The third kappa shape index (κ3) is 2.93. The molecule has 1 aromatic heterocycles. The Morgan fingerprint density at radius 2 is 1.85 bits per heavy atom. The van der Waals surface area contributed by atoms with Crippen molar-refractivity contribution in [3.63, 3.8) is 0 Å². The van der Waals surface area contributed by atoms with E-state index >= 15 is 0 Å². The van der Waals surface area contributed by atoms with E-state index in [1.165, 1.54) is 12.8 Å². The summed E-state index contributed by atoms with van der Waals surface area (Å²) in [6, 6.07) is 0.501. The summed E-state index contributed by atoms with van der Waals surface area (Å²) in [6.07, 6.45) is 2.51. The highest BCUT2D eigenvalue weighted by Gasteiger charge is 2.29. The maximum Gasteiger partial charge on any atom is 0.137 e. The lowest BCUT2D eigenvalue weighted by Gasteiger charge is -2.40. The topological polar surface area (TPSA) is 29.0 Å². The number of rotatable bonds is 1. The normalized spacial score (nSPS) is 24.1. The van der Waals surface area contributed by atoms with Crippen molar-refractivity contribution in [2.75, 3.05) is 11.4 Å². The molecule has 0 aromatic carbocycles. The van der Waals surface area contributed by atoms with Crippen LogP contribution in [0.1, 0.15) is 58.8 Å². The van der Waals surface area contributed by atoms with Gasteiger partial charge in [0.15, 0.2) is 0 Å². The summed E-state index contributed by atoms with van der Waals surface area (Å²) in [4.78, 5) is 11.7. The Labute approximate surface area is 127 Å². The summed E-state index contributed by atoms with van der Waals surface area (Å²) in [5, 5.41) is 0.588. The number of hydrogen-bond acceptors (Lipinski definition) is 3. The zero-order valence-electron chi connectivity index (χ0n) is 13.5. The van der Waals surface area contributed by atoms with E-state index in [0.717, 1.165) is 23.8 Å². The predicted octanol–water partition coefficient (Wildman–Crippen LogP) is 4.36. The van der Waals surface area contributed by atoms with Gasteiger partial charge in [0.2, 0.25) is 0 Å². The van der Waals surface area contributed by atoms with Gasteiger partial charge in [0, 0.05) is 23.6 Å². The molecule has 2 heterocycles. The zero-order chi connectivity index (χ0) is 15.1. The maximum absolute atomic E-state index is 6.35. The predicted molar refractivity (Wildman–Crippen MR) is 85.7 cm³/mol. The number of hydrogen-bond donors (Lipinski definition) is 0. The smallest absolute Gasteiger partial charge is 0.137 e. The van der Waals surface area contributed by atoms with Gasteiger partial charge in [0.1, 0.15) is 16.8 Å². The van der Waals surface area contributed by atoms with Crippen LogP contribution in [0.2, 0.25) is 5.15 Å². The van der Waals surface area contributed by atoms with Gasteiger partial charge >= 0.3 is 0 Å². The molecular weight excluding hydrogens is 270 g/mol. The Balaban J connectivity index is 2.47. The third-order valence-corrected chi connectivity index (χ3v) is 4.75. The first-order valence-corrected chi connectivity index (χ1v) is 7.91. The van der Waals surface area contributed by atoms with Gasteiger partial charge in [-0.05, 0) is 32.6 Å².